The molecule has 0 unspecified atom stereocenters. The topological polar surface area (TPSA) is 73.8 Å². The van der Waals surface area contributed by atoms with Crippen LogP contribution in [0.15, 0.2) is 64.9 Å². The lowest BCUT2D eigenvalue weighted by molar-refractivity contribution is 0.475. The lowest BCUT2D eigenvalue weighted by atomic mass is 10.2. The molecular weight excluding hydrogens is 284 g/mol. The van der Waals surface area contributed by atoms with E-state index in [1.54, 1.807) is 12.1 Å². The van der Waals surface area contributed by atoms with Gasteiger partial charge in [-0.05, 0) is 42.0 Å². The number of hydrogen-bond acceptors (Lipinski definition) is 5. The Labute approximate surface area is 126 Å². The molecule has 3 rings (SSSR count). The number of anilines is 1. The van der Waals surface area contributed by atoms with Gasteiger partial charge in [0.1, 0.15) is 12.1 Å². The third-order valence-electron chi connectivity index (χ3n) is 2.89. The first kappa shape index (κ1) is 13.5. The fourth-order valence-electron chi connectivity index (χ4n) is 1.81. The van der Waals surface area contributed by atoms with Crippen molar-refractivity contribution in [3.63, 3.8) is 0 Å². The van der Waals surface area contributed by atoms with E-state index in [1.807, 2.05) is 36.4 Å². The van der Waals surface area contributed by atoms with Crippen LogP contribution in [-0.2, 0) is 6.54 Å². The van der Waals surface area contributed by atoms with Crippen LogP contribution in [0.5, 0.6) is 5.75 Å². The zero-order chi connectivity index (χ0) is 14.5. The first-order valence-electron chi connectivity index (χ1n) is 6.45. The fourth-order valence-corrected chi connectivity index (χ4v) is 2.51. The number of nitrogens with one attached hydrogen (secondary N) is 2. The summed E-state index contributed by atoms with van der Waals surface area (Å²) >= 11 is 1.53. The van der Waals surface area contributed by atoms with E-state index in [0.29, 0.717) is 0 Å². The fraction of sp³-hybridized carbons (Fsp3) is 0.0667. The van der Waals surface area contributed by atoms with Gasteiger partial charge in [0.15, 0.2) is 5.16 Å². The van der Waals surface area contributed by atoms with Gasteiger partial charge < -0.3 is 10.4 Å². The molecule has 0 saturated carbocycles. The molecule has 0 radical (unpaired) electrons. The Bertz CT molecular complexity index is 681. The molecule has 0 aliphatic heterocycles. The van der Waals surface area contributed by atoms with Crippen molar-refractivity contribution in [1.82, 2.24) is 15.2 Å². The number of aromatic amines is 1. The second kappa shape index (κ2) is 6.32. The number of phenolic OH excluding ortho intramolecular Hbond substituents is 1. The minimum Gasteiger partial charge on any atom is -0.508 e. The summed E-state index contributed by atoms with van der Waals surface area (Å²) in [4.78, 5) is 5.18. The molecule has 3 N–H and O–H groups in total. The summed E-state index contributed by atoms with van der Waals surface area (Å²) in [5.41, 5.74) is 2.16. The predicted octanol–water partition coefficient (Wildman–Crippen LogP) is 3.27. The number of aromatic hydroxyl groups is 1. The second-order valence-electron chi connectivity index (χ2n) is 4.44. The van der Waals surface area contributed by atoms with E-state index >= 15 is 0 Å². The Balaban J connectivity index is 1.58. The van der Waals surface area contributed by atoms with Gasteiger partial charge in [0.2, 0.25) is 0 Å². The Morgan fingerprint density at radius 3 is 2.48 bits per heavy atom. The van der Waals surface area contributed by atoms with Crippen LogP contribution < -0.4 is 5.32 Å². The molecular formula is C15H14N4OS. The highest BCUT2D eigenvalue weighted by Crippen LogP contribution is 2.25. The molecule has 0 atom stereocenters. The molecule has 106 valence electrons. The van der Waals surface area contributed by atoms with E-state index in [0.717, 1.165) is 27.8 Å². The second-order valence-corrected chi connectivity index (χ2v) is 5.50. The normalized spacial score (nSPS) is 10.5. The van der Waals surface area contributed by atoms with E-state index in [2.05, 4.69) is 20.5 Å². The maximum absolute atomic E-state index is 9.24. The van der Waals surface area contributed by atoms with Crippen LogP contribution in [0.3, 0.4) is 0 Å². The number of hydrogen-bond donors (Lipinski definition) is 3. The van der Waals surface area contributed by atoms with Crippen LogP contribution in [-0.4, -0.2) is 20.3 Å². The molecule has 3 aromatic rings. The van der Waals surface area contributed by atoms with E-state index in [1.165, 1.54) is 18.1 Å². The molecule has 5 nitrogen and oxygen atoms in total. The monoisotopic (exact) mass is 298 g/mol. The summed E-state index contributed by atoms with van der Waals surface area (Å²) < 4.78 is 0. The Morgan fingerprint density at radius 2 is 1.81 bits per heavy atom. The lowest BCUT2D eigenvalue weighted by Gasteiger charge is -2.07. The Morgan fingerprint density at radius 1 is 1.05 bits per heavy atom. The zero-order valence-corrected chi connectivity index (χ0v) is 12.0. The minimum absolute atomic E-state index is 0.285. The molecule has 21 heavy (non-hydrogen) atoms. The number of H-pyrrole nitrogens is 1. The Hall–Kier alpha value is -2.47. The molecule has 0 aliphatic carbocycles. The van der Waals surface area contributed by atoms with Crippen LogP contribution in [0.4, 0.5) is 5.69 Å². The SMILES string of the molecule is Oc1ccc(CNc2ccc(Sc3ncn[nH]3)cc2)cc1. The minimum atomic E-state index is 0.285. The van der Waals surface area contributed by atoms with E-state index < -0.39 is 0 Å². The van der Waals surface area contributed by atoms with Crippen molar-refractivity contribution in [3.8, 4) is 5.75 Å². The smallest absolute Gasteiger partial charge is 0.188 e. The van der Waals surface area contributed by atoms with E-state index in [4.69, 9.17) is 0 Å². The summed E-state index contributed by atoms with van der Waals surface area (Å²) in [6.07, 6.45) is 1.50. The van der Waals surface area contributed by atoms with Gasteiger partial charge in [-0.15, -0.1) is 0 Å². The van der Waals surface area contributed by atoms with Gasteiger partial charge in [0.05, 0.1) is 0 Å². The first-order chi connectivity index (χ1) is 10.3. The molecule has 0 amide bonds. The van der Waals surface area contributed by atoms with Crippen LogP contribution in [0, 0.1) is 0 Å². The summed E-state index contributed by atoms with van der Waals surface area (Å²) in [6.45, 7) is 0.717. The number of benzene rings is 2. The van der Waals surface area contributed by atoms with Crippen molar-refractivity contribution in [3.05, 3.63) is 60.4 Å². The summed E-state index contributed by atoms with van der Waals surface area (Å²) in [7, 11) is 0. The third-order valence-corrected chi connectivity index (χ3v) is 3.79. The van der Waals surface area contributed by atoms with Crippen molar-refractivity contribution in [2.24, 2.45) is 0 Å². The maximum Gasteiger partial charge on any atom is 0.188 e. The molecule has 1 aromatic heterocycles. The first-order valence-corrected chi connectivity index (χ1v) is 7.26. The lowest BCUT2D eigenvalue weighted by Crippen LogP contribution is -1.98. The van der Waals surface area contributed by atoms with Gasteiger partial charge in [-0.1, -0.05) is 23.9 Å². The molecule has 2 aromatic carbocycles. The van der Waals surface area contributed by atoms with Crippen LogP contribution >= 0.6 is 11.8 Å². The molecule has 1 heterocycles. The van der Waals surface area contributed by atoms with Crippen LogP contribution in [0.2, 0.25) is 0 Å². The summed E-state index contributed by atoms with van der Waals surface area (Å²) in [5, 5.41) is 20.0. The largest absolute Gasteiger partial charge is 0.508 e. The molecule has 0 spiro atoms. The number of phenols is 1. The number of rotatable bonds is 5. The van der Waals surface area contributed by atoms with E-state index in [-0.39, 0.29) is 5.75 Å². The zero-order valence-electron chi connectivity index (χ0n) is 11.2. The highest BCUT2D eigenvalue weighted by atomic mass is 32.2. The van der Waals surface area contributed by atoms with Gasteiger partial charge in [0.25, 0.3) is 0 Å². The van der Waals surface area contributed by atoms with Crippen molar-refractivity contribution in [1.29, 1.82) is 0 Å². The molecule has 6 heteroatoms. The average Bonchev–Trinajstić information content (AvgIpc) is 3.01. The molecule has 0 aliphatic rings. The van der Waals surface area contributed by atoms with Crippen molar-refractivity contribution >= 4 is 17.4 Å². The van der Waals surface area contributed by atoms with E-state index in [9.17, 15) is 5.11 Å². The van der Waals surface area contributed by atoms with Crippen molar-refractivity contribution in [2.75, 3.05) is 5.32 Å². The third kappa shape index (κ3) is 3.76. The van der Waals surface area contributed by atoms with Gasteiger partial charge >= 0.3 is 0 Å². The number of aromatic nitrogens is 3. The quantitative estimate of drug-likeness (QED) is 0.674. The Kier molecular flexibility index (Phi) is 4.07. The van der Waals surface area contributed by atoms with Gasteiger partial charge in [-0.2, -0.15) is 5.10 Å². The van der Waals surface area contributed by atoms with Gasteiger partial charge in [-0.3, -0.25) is 5.10 Å². The predicted molar refractivity (Wildman–Crippen MR) is 82.4 cm³/mol. The standard InChI is InChI=1S/C15H14N4OS/c20-13-5-1-11(2-6-13)9-16-12-3-7-14(8-4-12)21-15-17-10-18-19-15/h1-8,10,16,20H,9H2,(H,17,18,19). The maximum atomic E-state index is 9.24. The summed E-state index contributed by atoms with van der Waals surface area (Å²) in [6, 6.07) is 15.3. The van der Waals surface area contributed by atoms with Crippen molar-refractivity contribution < 1.29 is 5.11 Å². The highest BCUT2D eigenvalue weighted by molar-refractivity contribution is 7.99. The van der Waals surface area contributed by atoms with Crippen LogP contribution in [0.25, 0.3) is 0 Å². The number of nitrogens with zero attached hydrogens (tertiary/aromatic N) is 2. The average molecular weight is 298 g/mol. The van der Waals surface area contributed by atoms with Gasteiger partial charge in [-0.25, -0.2) is 4.98 Å². The van der Waals surface area contributed by atoms with Crippen molar-refractivity contribution in [2.45, 2.75) is 16.6 Å². The molecule has 0 fully saturated rings. The molecule has 0 bridgehead atoms. The van der Waals surface area contributed by atoms with Crippen LogP contribution in [0.1, 0.15) is 5.56 Å². The summed E-state index contributed by atoms with van der Waals surface area (Å²) in [5.74, 6) is 0.285. The highest BCUT2D eigenvalue weighted by Gasteiger charge is 2.00. The van der Waals surface area contributed by atoms with Gasteiger partial charge in [0, 0.05) is 17.1 Å². The molecule has 0 saturated heterocycles.